The molecule has 0 bridgehead atoms. The maximum atomic E-state index is 11.0. The van der Waals surface area contributed by atoms with Gasteiger partial charge in [-0.3, -0.25) is 9.69 Å². The van der Waals surface area contributed by atoms with E-state index in [1.807, 2.05) is 20.9 Å². The molecule has 1 heterocycles. The number of likely N-dealkylation sites (N-methyl/N-ethyl adjacent to an activating group) is 1. The highest BCUT2D eigenvalue weighted by atomic mass is 19.3. The SMILES string of the molecule is CC.CC(=O)C1CCCN1C.CC(C)(F)F. The zero-order chi connectivity index (χ0) is 13.4. The Morgan fingerprint density at radius 2 is 1.69 bits per heavy atom. The topological polar surface area (TPSA) is 20.3 Å². The second-order valence-electron chi connectivity index (χ2n) is 4.08. The van der Waals surface area contributed by atoms with Gasteiger partial charge in [-0.1, -0.05) is 13.8 Å². The van der Waals surface area contributed by atoms with Crippen LogP contribution in [-0.2, 0) is 4.79 Å². The molecule has 2 nitrogen and oxygen atoms in total. The van der Waals surface area contributed by atoms with Gasteiger partial charge in [-0.25, -0.2) is 8.78 Å². The third-order valence-corrected chi connectivity index (χ3v) is 1.99. The molecule has 98 valence electrons. The van der Waals surface area contributed by atoms with Gasteiger partial charge < -0.3 is 0 Å². The lowest BCUT2D eigenvalue weighted by Gasteiger charge is -2.14. The summed E-state index contributed by atoms with van der Waals surface area (Å²) in [6.45, 7) is 8.47. The molecule has 0 amide bonds. The van der Waals surface area contributed by atoms with Gasteiger partial charge in [-0.05, 0) is 47.2 Å². The number of halogens is 2. The maximum Gasteiger partial charge on any atom is 0.242 e. The van der Waals surface area contributed by atoms with Crippen LogP contribution < -0.4 is 0 Å². The zero-order valence-corrected chi connectivity index (χ0v) is 11.3. The fourth-order valence-corrected chi connectivity index (χ4v) is 1.42. The Kier molecular flexibility index (Phi) is 9.63. The fourth-order valence-electron chi connectivity index (χ4n) is 1.42. The molecule has 0 N–H and O–H groups in total. The predicted molar refractivity (Wildman–Crippen MR) is 64.0 cm³/mol. The van der Waals surface area contributed by atoms with Crippen molar-refractivity contribution in [3.05, 3.63) is 0 Å². The molecule has 0 aromatic heterocycles. The summed E-state index contributed by atoms with van der Waals surface area (Å²) < 4.78 is 22.0. The van der Waals surface area contributed by atoms with E-state index in [0.29, 0.717) is 5.78 Å². The summed E-state index contributed by atoms with van der Waals surface area (Å²) in [6, 6.07) is 0.227. The number of hydrogen-bond acceptors (Lipinski definition) is 2. The van der Waals surface area contributed by atoms with Crippen molar-refractivity contribution in [3.8, 4) is 0 Å². The highest BCUT2D eigenvalue weighted by Gasteiger charge is 2.23. The molecule has 1 atom stereocenters. The minimum absolute atomic E-state index is 0.227. The molecular weight excluding hydrogens is 212 g/mol. The van der Waals surface area contributed by atoms with Crippen molar-refractivity contribution < 1.29 is 13.6 Å². The van der Waals surface area contributed by atoms with Gasteiger partial charge >= 0.3 is 0 Å². The second kappa shape index (κ2) is 8.62. The van der Waals surface area contributed by atoms with Gasteiger partial charge in [-0.15, -0.1) is 0 Å². The molecule has 1 saturated heterocycles. The number of alkyl halides is 2. The van der Waals surface area contributed by atoms with E-state index in [1.54, 1.807) is 6.92 Å². The molecule has 0 aromatic rings. The Bertz CT molecular complexity index is 184. The van der Waals surface area contributed by atoms with E-state index in [9.17, 15) is 13.6 Å². The third kappa shape index (κ3) is 11.6. The molecule has 0 aliphatic carbocycles. The molecule has 0 aromatic carbocycles. The second-order valence-corrected chi connectivity index (χ2v) is 4.08. The van der Waals surface area contributed by atoms with E-state index in [0.717, 1.165) is 26.8 Å². The van der Waals surface area contributed by atoms with E-state index in [2.05, 4.69) is 4.90 Å². The highest BCUT2D eigenvalue weighted by molar-refractivity contribution is 5.81. The quantitative estimate of drug-likeness (QED) is 0.697. The number of rotatable bonds is 1. The van der Waals surface area contributed by atoms with Crippen LogP contribution in [0.5, 0.6) is 0 Å². The lowest BCUT2D eigenvalue weighted by atomic mass is 10.1. The van der Waals surface area contributed by atoms with Crippen LogP contribution in [0.1, 0.15) is 47.5 Å². The van der Waals surface area contributed by atoms with Crippen molar-refractivity contribution in [1.82, 2.24) is 4.90 Å². The normalized spacial score (nSPS) is 20.4. The summed E-state index contributed by atoms with van der Waals surface area (Å²) >= 11 is 0. The van der Waals surface area contributed by atoms with E-state index in [4.69, 9.17) is 0 Å². The Hall–Kier alpha value is -0.510. The highest BCUT2D eigenvalue weighted by Crippen LogP contribution is 2.14. The van der Waals surface area contributed by atoms with Gasteiger partial charge in [0.15, 0.2) is 0 Å². The predicted octanol–water partition coefficient (Wildman–Crippen LogP) is 3.36. The average Bonchev–Trinajstić information content (AvgIpc) is 2.52. The molecule has 0 spiro atoms. The van der Waals surface area contributed by atoms with Crippen molar-refractivity contribution >= 4 is 5.78 Å². The monoisotopic (exact) mass is 237 g/mol. The van der Waals surface area contributed by atoms with E-state index < -0.39 is 5.92 Å². The van der Waals surface area contributed by atoms with E-state index in [1.165, 1.54) is 6.42 Å². The molecule has 1 rings (SSSR count). The first-order chi connectivity index (χ1) is 7.22. The Morgan fingerprint density at radius 3 is 1.81 bits per heavy atom. The molecular formula is C12H25F2NO. The largest absolute Gasteiger partial charge is 0.298 e. The van der Waals surface area contributed by atoms with Gasteiger partial charge in [-0.2, -0.15) is 0 Å². The van der Waals surface area contributed by atoms with Gasteiger partial charge in [0.25, 0.3) is 0 Å². The number of Topliss-reactive ketones (excluding diaryl/α,β-unsaturated/α-hetero) is 1. The Morgan fingerprint density at radius 1 is 1.31 bits per heavy atom. The van der Waals surface area contributed by atoms with Crippen LogP contribution in [0.2, 0.25) is 0 Å². The van der Waals surface area contributed by atoms with Gasteiger partial charge in [0.05, 0.1) is 6.04 Å². The first-order valence-electron chi connectivity index (χ1n) is 5.80. The molecule has 1 fully saturated rings. The zero-order valence-electron chi connectivity index (χ0n) is 11.3. The lowest BCUT2D eigenvalue weighted by molar-refractivity contribution is -0.120. The minimum atomic E-state index is -2.50. The molecule has 1 unspecified atom stereocenters. The number of nitrogens with zero attached hydrogens (tertiary/aromatic N) is 1. The molecule has 4 heteroatoms. The summed E-state index contributed by atoms with van der Waals surface area (Å²) in [5.74, 6) is -2.19. The number of carbonyl (C=O) groups excluding carboxylic acids is 1. The Balaban J connectivity index is 0. The van der Waals surface area contributed by atoms with Crippen LogP contribution in [0.25, 0.3) is 0 Å². The summed E-state index contributed by atoms with van der Waals surface area (Å²) in [6.07, 6.45) is 2.24. The molecule has 0 radical (unpaired) electrons. The van der Waals surface area contributed by atoms with Crippen LogP contribution in [0, 0.1) is 0 Å². The van der Waals surface area contributed by atoms with Crippen LogP contribution in [0.15, 0.2) is 0 Å². The number of hydrogen-bond donors (Lipinski definition) is 0. The fraction of sp³-hybridized carbons (Fsp3) is 0.917. The third-order valence-electron chi connectivity index (χ3n) is 1.99. The summed E-state index contributed by atoms with van der Waals surface area (Å²) in [5.41, 5.74) is 0. The molecule has 16 heavy (non-hydrogen) atoms. The van der Waals surface area contributed by atoms with Crippen LogP contribution in [-0.4, -0.2) is 36.2 Å². The summed E-state index contributed by atoms with van der Waals surface area (Å²) in [4.78, 5) is 12.9. The number of carbonyl (C=O) groups is 1. The number of likely N-dealkylation sites (tertiary alicyclic amines) is 1. The standard InChI is InChI=1S/C7H13NO.C3H6F2.C2H6/c1-6(9)7-4-3-5-8(7)2;1-3(2,4)5;1-2/h7H,3-5H2,1-2H3;1-2H3;1-2H3. The molecule has 0 saturated carbocycles. The van der Waals surface area contributed by atoms with Crippen molar-refractivity contribution in [2.45, 2.75) is 59.4 Å². The van der Waals surface area contributed by atoms with Gasteiger partial charge in [0, 0.05) is 0 Å². The van der Waals surface area contributed by atoms with E-state index in [-0.39, 0.29) is 6.04 Å². The van der Waals surface area contributed by atoms with Gasteiger partial charge in [0.1, 0.15) is 5.78 Å². The first-order valence-corrected chi connectivity index (χ1v) is 5.80. The maximum absolute atomic E-state index is 11.0. The van der Waals surface area contributed by atoms with Crippen molar-refractivity contribution in [2.75, 3.05) is 13.6 Å². The van der Waals surface area contributed by atoms with Crippen LogP contribution >= 0.6 is 0 Å². The average molecular weight is 237 g/mol. The van der Waals surface area contributed by atoms with Crippen molar-refractivity contribution in [1.29, 1.82) is 0 Å². The summed E-state index contributed by atoms with van der Waals surface area (Å²) in [7, 11) is 2.01. The molecule has 1 aliphatic heterocycles. The van der Waals surface area contributed by atoms with Crippen LogP contribution in [0.4, 0.5) is 8.78 Å². The lowest BCUT2D eigenvalue weighted by Crippen LogP contribution is -2.30. The van der Waals surface area contributed by atoms with E-state index >= 15 is 0 Å². The summed E-state index contributed by atoms with van der Waals surface area (Å²) in [5, 5.41) is 0. The van der Waals surface area contributed by atoms with Gasteiger partial charge in [0.2, 0.25) is 5.92 Å². The molecule has 1 aliphatic rings. The minimum Gasteiger partial charge on any atom is -0.298 e. The first kappa shape index (κ1) is 17.9. The number of ketones is 1. The smallest absolute Gasteiger partial charge is 0.242 e. The van der Waals surface area contributed by atoms with Crippen LogP contribution in [0.3, 0.4) is 0 Å². The van der Waals surface area contributed by atoms with Crippen molar-refractivity contribution in [2.24, 2.45) is 0 Å². The Labute approximate surface area is 98.0 Å². The van der Waals surface area contributed by atoms with Crippen molar-refractivity contribution in [3.63, 3.8) is 0 Å².